The Hall–Kier alpha value is -3.07. The number of likely N-dealkylation sites (N-methyl/N-ethyl adjacent to an activating group) is 1. The van der Waals surface area contributed by atoms with Gasteiger partial charge in [-0.25, -0.2) is 0 Å². The van der Waals surface area contributed by atoms with E-state index in [-0.39, 0.29) is 32.0 Å². The zero-order chi connectivity index (χ0) is 58.4. The molecule has 2 atom stereocenters. The first-order chi connectivity index (χ1) is 39.0. The molecule has 0 aliphatic heterocycles. The van der Waals surface area contributed by atoms with Crippen molar-refractivity contribution < 1.29 is 42.1 Å². The van der Waals surface area contributed by atoms with Gasteiger partial charge in [-0.2, -0.15) is 0 Å². The van der Waals surface area contributed by atoms with Crippen LogP contribution in [0.3, 0.4) is 0 Å². The first kappa shape index (κ1) is 76.9. The highest BCUT2D eigenvalue weighted by molar-refractivity contribution is 7.45. The van der Waals surface area contributed by atoms with E-state index in [9.17, 15) is 19.0 Å². The van der Waals surface area contributed by atoms with Gasteiger partial charge in [0.05, 0.1) is 27.7 Å². The van der Waals surface area contributed by atoms with Gasteiger partial charge in [0.25, 0.3) is 7.82 Å². The average molecular weight is 1140 g/mol. The number of esters is 2. The summed E-state index contributed by atoms with van der Waals surface area (Å²) in [6.45, 7) is 4.14. The van der Waals surface area contributed by atoms with Crippen LogP contribution in [0.4, 0.5) is 0 Å². The standard InChI is InChI=1S/C70H124NO8P/c1-6-8-10-12-14-16-18-20-22-24-26-28-29-30-31-32-33-34-35-36-37-38-39-40-41-43-45-47-49-51-53-55-57-59-61-63-70(73)79-68(67-78-80(74,75)77-65-64-71(3,4)5)66-76-69(72)62-60-58-56-54-52-50-48-46-44-42-27-25-23-21-19-17-15-13-11-9-7-2/h8,10,14,16,20,22,25-28,30-31,33-34,36-37,68H,6-7,9,11-13,15,17-19,21,23-24,29,32,35,38-67H2,1-5H3/b10-8-,16-14-,22-20-,27-25-,28-26-,31-30-,34-33-,37-36-. The molecule has 0 aromatic rings. The lowest BCUT2D eigenvalue weighted by Crippen LogP contribution is -2.37. The van der Waals surface area contributed by atoms with Crippen LogP contribution in [-0.4, -0.2) is 70.0 Å². The van der Waals surface area contributed by atoms with Gasteiger partial charge in [-0.3, -0.25) is 14.2 Å². The van der Waals surface area contributed by atoms with Gasteiger partial charge in [0.15, 0.2) is 6.10 Å². The van der Waals surface area contributed by atoms with Crippen LogP contribution in [0.1, 0.15) is 284 Å². The maximum absolute atomic E-state index is 12.8. The summed E-state index contributed by atoms with van der Waals surface area (Å²) in [5, 5.41) is 0. The topological polar surface area (TPSA) is 111 Å². The first-order valence-corrected chi connectivity index (χ1v) is 34.4. The predicted molar refractivity (Wildman–Crippen MR) is 342 cm³/mol. The van der Waals surface area contributed by atoms with Crippen LogP contribution >= 0.6 is 7.82 Å². The van der Waals surface area contributed by atoms with Crippen molar-refractivity contribution in [2.45, 2.75) is 290 Å². The summed E-state index contributed by atoms with van der Waals surface area (Å²) in [5.41, 5.74) is 0. The fourth-order valence-corrected chi connectivity index (χ4v) is 9.77. The van der Waals surface area contributed by atoms with Crippen LogP contribution < -0.4 is 4.89 Å². The van der Waals surface area contributed by atoms with Crippen LogP contribution in [0.5, 0.6) is 0 Å². The second-order valence-corrected chi connectivity index (χ2v) is 24.5. The predicted octanol–water partition coefficient (Wildman–Crippen LogP) is 20.5. The third-order valence-electron chi connectivity index (χ3n) is 14.1. The molecular formula is C70H124NO8P. The van der Waals surface area contributed by atoms with Crippen LogP contribution in [0, 0.1) is 0 Å². The molecule has 0 spiro atoms. The van der Waals surface area contributed by atoms with Gasteiger partial charge in [0.2, 0.25) is 0 Å². The van der Waals surface area contributed by atoms with Crippen molar-refractivity contribution in [3.05, 3.63) is 97.2 Å². The van der Waals surface area contributed by atoms with Gasteiger partial charge in [-0.15, -0.1) is 0 Å². The number of carbonyl (C=O) groups excluding carboxylic acids is 2. The number of nitrogens with zero attached hydrogens (tertiary/aromatic N) is 1. The second-order valence-electron chi connectivity index (χ2n) is 23.1. The Morgan fingerprint density at radius 2 is 0.713 bits per heavy atom. The van der Waals surface area contributed by atoms with E-state index in [1.54, 1.807) is 0 Å². The molecule has 0 aromatic carbocycles. The normalized spacial score (nSPS) is 13.8. The van der Waals surface area contributed by atoms with Crippen molar-refractivity contribution in [2.75, 3.05) is 47.5 Å². The fraction of sp³-hybridized carbons (Fsp3) is 0.743. The molecule has 0 heterocycles. The smallest absolute Gasteiger partial charge is 0.306 e. The minimum Gasteiger partial charge on any atom is -0.756 e. The molecular weight excluding hydrogens is 1010 g/mol. The number of allylic oxidation sites excluding steroid dienone is 16. The van der Waals surface area contributed by atoms with Crippen molar-refractivity contribution in [3.63, 3.8) is 0 Å². The van der Waals surface area contributed by atoms with Crippen LogP contribution in [0.25, 0.3) is 0 Å². The van der Waals surface area contributed by atoms with E-state index in [2.05, 4.69) is 111 Å². The van der Waals surface area contributed by atoms with Crippen molar-refractivity contribution in [3.8, 4) is 0 Å². The molecule has 0 aromatic heterocycles. The highest BCUT2D eigenvalue weighted by Gasteiger charge is 2.22. The van der Waals surface area contributed by atoms with Crippen LogP contribution in [0.2, 0.25) is 0 Å². The molecule has 0 saturated carbocycles. The number of ether oxygens (including phenoxy) is 2. The number of phosphoric ester groups is 1. The minimum atomic E-state index is -4.64. The monoisotopic (exact) mass is 1140 g/mol. The summed E-state index contributed by atoms with van der Waals surface area (Å²) in [5.74, 6) is -0.832. The molecule has 2 unspecified atom stereocenters. The third kappa shape index (κ3) is 64.1. The zero-order valence-electron chi connectivity index (χ0n) is 52.5. The Labute approximate surface area is 493 Å². The van der Waals surface area contributed by atoms with Crippen LogP contribution in [0.15, 0.2) is 97.2 Å². The molecule has 0 radical (unpaired) electrons. The average Bonchev–Trinajstić information content (AvgIpc) is 3.42. The summed E-state index contributed by atoms with van der Waals surface area (Å²) in [6, 6.07) is 0. The summed E-state index contributed by atoms with van der Waals surface area (Å²) >= 11 is 0. The van der Waals surface area contributed by atoms with E-state index in [1.165, 1.54) is 167 Å². The number of hydrogen-bond acceptors (Lipinski definition) is 8. The van der Waals surface area contributed by atoms with Gasteiger partial charge < -0.3 is 27.9 Å². The van der Waals surface area contributed by atoms with Gasteiger partial charge in [0.1, 0.15) is 19.8 Å². The molecule has 0 bridgehead atoms. The molecule has 0 aliphatic rings. The number of unbranched alkanes of at least 4 members (excludes halogenated alkanes) is 30. The number of hydrogen-bond donors (Lipinski definition) is 0. The van der Waals surface area contributed by atoms with Crippen molar-refractivity contribution in [2.24, 2.45) is 0 Å². The highest BCUT2D eigenvalue weighted by Crippen LogP contribution is 2.38. The maximum Gasteiger partial charge on any atom is 0.306 e. The minimum absolute atomic E-state index is 0.0339. The van der Waals surface area contributed by atoms with Gasteiger partial charge >= 0.3 is 11.9 Å². The number of rotatable bonds is 60. The Bertz CT molecular complexity index is 1670. The third-order valence-corrected chi connectivity index (χ3v) is 15.1. The molecule has 80 heavy (non-hydrogen) atoms. The summed E-state index contributed by atoms with van der Waals surface area (Å²) in [7, 11) is 1.16. The van der Waals surface area contributed by atoms with E-state index in [0.29, 0.717) is 17.4 Å². The molecule has 462 valence electrons. The van der Waals surface area contributed by atoms with E-state index >= 15 is 0 Å². The Morgan fingerprint density at radius 3 is 1.07 bits per heavy atom. The summed E-state index contributed by atoms with van der Waals surface area (Å²) in [6.07, 6.45) is 83.3. The molecule has 0 amide bonds. The molecule has 0 saturated heterocycles. The number of carbonyl (C=O) groups is 2. The lowest BCUT2D eigenvalue weighted by molar-refractivity contribution is -0.870. The largest absolute Gasteiger partial charge is 0.756 e. The zero-order valence-corrected chi connectivity index (χ0v) is 53.4. The second kappa shape index (κ2) is 60.5. The van der Waals surface area contributed by atoms with Crippen molar-refractivity contribution >= 4 is 19.8 Å². The molecule has 0 N–H and O–H groups in total. The lowest BCUT2D eigenvalue weighted by Gasteiger charge is -2.28. The highest BCUT2D eigenvalue weighted by atomic mass is 31.2. The first-order valence-electron chi connectivity index (χ1n) is 32.9. The molecule has 9 nitrogen and oxygen atoms in total. The Balaban J connectivity index is 4.08. The quantitative estimate of drug-likeness (QED) is 0.0195. The van der Waals surface area contributed by atoms with Gasteiger partial charge in [-0.1, -0.05) is 272 Å². The van der Waals surface area contributed by atoms with E-state index in [4.69, 9.17) is 18.5 Å². The van der Waals surface area contributed by atoms with E-state index < -0.39 is 26.5 Å². The SMILES string of the molecule is CC/C=C\C/C=C\C/C=C\C/C=C\C/C=C\C/C=C\C/C=C\CCCCCCCCCCCCCCCC(=O)OC(COC(=O)CCCCCCCCCCC/C=C\CCCCCCCCCC)COP(=O)([O-])OCC[N+](C)(C)C. The molecule has 10 heteroatoms. The summed E-state index contributed by atoms with van der Waals surface area (Å²) < 4.78 is 34.3. The lowest BCUT2D eigenvalue weighted by atomic mass is 10.0. The fourth-order valence-electron chi connectivity index (χ4n) is 9.04. The van der Waals surface area contributed by atoms with Crippen LogP contribution in [-0.2, 0) is 32.7 Å². The summed E-state index contributed by atoms with van der Waals surface area (Å²) in [4.78, 5) is 38.0. The Kier molecular flexibility index (Phi) is 58.2. The molecule has 0 fully saturated rings. The molecule has 0 aliphatic carbocycles. The van der Waals surface area contributed by atoms with Gasteiger partial charge in [0, 0.05) is 12.8 Å². The Morgan fingerprint density at radius 1 is 0.400 bits per heavy atom. The van der Waals surface area contributed by atoms with Crippen molar-refractivity contribution in [1.29, 1.82) is 0 Å². The van der Waals surface area contributed by atoms with E-state index in [1.807, 2.05) is 21.1 Å². The molecule has 0 rings (SSSR count). The maximum atomic E-state index is 12.8. The number of quaternary nitrogens is 1. The number of phosphoric acid groups is 1. The van der Waals surface area contributed by atoms with E-state index in [0.717, 1.165) is 83.5 Å². The van der Waals surface area contributed by atoms with Crippen molar-refractivity contribution in [1.82, 2.24) is 0 Å². The van der Waals surface area contributed by atoms with Gasteiger partial charge in [-0.05, 0) is 96.3 Å².